The van der Waals surface area contributed by atoms with Crippen molar-refractivity contribution >= 4 is 17.6 Å². The van der Waals surface area contributed by atoms with Crippen LogP contribution in [0.4, 0.5) is 0 Å². The van der Waals surface area contributed by atoms with Crippen molar-refractivity contribution in [3.63, 3.8) is 0 Å². The summed E-state index contributed by atoms with van der Waals surface area (Å²) >= 11 is 6.06. The van der Waals surface area contributed by atoms with Crippen LogP contribution in [0.3, 0.4) is 0 Å². The van der Waals surface area contributed by atoms with Crippen molar-refractivity contribution in [2.24, 2.45) is 0 Å². The molecule has 4 aliphatic rings. The number of halogens is 1. The van der Waals surface area contributed by atoms with Crippen molar-refractivity contribution in [2.45, 2.75) is 72.9 Å². The summed E-state index contributed by atoms with van der Waals surface area (Å²) in [6, 6.07) is 14.2. The van der Waals surface area contributed by atoms with Gasteiger partial charge in [0.25, 0.3) is 0 Å². The Morgan fingerprint density at radius 2 is 1.14 bits per heavy atom. The third-order valence-electron chi connectivity index (χ3n) is 9.17. The zero-order valence-electron chi connectivity index (χ0n) is 25.4. The second-order valence-electron chi connectivity index (χ2n) is 12.1. The number of aliphatic hydroxyl groups excluding tert-OH is 8. The Balaban J connectivity index is 1.28. The van der Waals surface area contributed by atoms with Crippen LogP contribution in [-0.4, -0.2) is 121 Å². The highest BCUT2D eigenvalue weighted by Gasteiger charge is 2.54. The molecule has 0 unspecified atom stereocenters. The molecule has 3 aromatic carbocycles. The highest BCUT2D eigenvalue weighted by Crippen LogP contribution is 2.57. The number of rotatable bonds is 7. The van der Waals surface area contributed by atoms with Gasteiger partial charge in [-0.2, -0.15) is 0 Å². The van der Waals surface area contributed by atoms with Gasteiger partial charge in [0.15, 0.2) is 5.60 Å². The molecule has 0 radical (unpaired) electrons. The summed E-state index contributed by atoms with van der Waals surface area (Å²) in [6.07, 6.45) is -15.3. The highest BCUT2D eigenvalue weighted by molar-refractivity contribution is 6.17. The summed E-state index contributed by atoms with van der Waals surface area (Å²) < 4.78 is 35.1. The molecule has 262 valence electrons. The largest absolute Gasteiger partial charge is 0.462 e. The van der Waals surface area contributed by atoms with E-state index in [-0.39, 0.29) is 34.4 Å². The minimum atomic E-state index is -1.68. The van der Waals surface area contributed by atoms with Crippen molar-refractivity contribution in [3.8, 4) is 23.0 Å². The van der Waals surface area contributed by atoms with Gasteiger partial charge in [0.1, 0.15) is 71.8 Å². The summed E-state index contributed by atoms with van der Waals surface area (Å²) in [4.78, 5) is 13.4. The minimum Gasteiger partial charge on any atom is -0.462 e. The van der Waals surface area contributed by atoms with Gasteiger partial charge in [-0.05, 0) is 35.9 Å². The van der Waals surface area contributed by atoms with E-state index >= 15 is 0 Å². The molecular formula is C33H33ClO15. The average molecular weight is 705 g/mol. The van der Waals surface area contributed by atoms with Gasteiger partial charge in [0.05, 0.1) is 18.8 Å². The normalized spacial score (nSPS) is 32.8. The molecule has 0 bridgehead atoms. The molecule has 15 nitrogen and oxygen atoms in total. The fourth-order valence-electron chi connectivity index (χ4n) is 6.56. The maximum absolute atomic E-state index is 13.4. The van der Waals surface area contributed by atoms with Gasteiger partial charge < -0.3 is 69.3 Å². The predicted octanol–water partition coefficient (Wildman–Crippen LogP) is -0.649. The van der Waals surface area contributed by atoms with Crippen LogP contribution in [-0.2, 0) is 25.7 Å². The summed E-state index contributed by atoms with van der Waals surface area (Å²) in [5.41, 5.74) is 0.712. The van der Waals surface area contributed by atoms with Crippen molar-refractivity contribution < 1.29 is 74.1 Å². The lowest BCUT2D eigenvalue weighted by molar-refractivity contribution is -0.277. The van der Waals surface area contributed by atoms with Crippen LogP contribution in [0.15, 0.2) is 54.6 Å². The zero-order chi connectivity index (χ0) is 34.8. The molecule has 16 heteroatoms. The standard InChI is InChI=1S/C33H33ClO15/c34-10-13-1-4-17-16(7-13)30(43)49-33(17)18-5-2-14(44-31-28(41)26(39)24(37)22(11-35)47-31)8-20(18)46-21-9-15(3-6-19(21)33)45-32-29(42)27(40)25(38)23(12-36)48-32/h1-9,22-29,31-32,35-42H,10-12H2/t22-,23-,24+,25+,26+,27+,28-,29-,31-,32-/m1/s1. The van der Waals surface area contributed by atoms with E-state index in [1.54, 1.807) is 30.3 Å². The molecule has 4 aliphatic heterocycles. The Morgan fingerprint density at radius 3 is 1.61 bits per heavy atom. The lowest BCUT2D eigenvalue weighted by Crippen LogP contribution is -2.60. The molecule has 4 heterocycles. The molecule has 49 heavy (non-hydrogen) atoms. The number of ether oxygens (including phenoxy) is 6. The second kappa shape index (κ2) is 12.9. The number of hydrogen-bond acceptors (Lipinski definition) is 15. The van der Waals surface area contributed by atoms with Gasteiger partial charge in [-0.1, -0.05) is 12.1 Å². The first kappa shape index (κ1) is 33.9. The van der Waals surface area contributed by atoms with Crippen LogP contribution in [0.1, 0.15) is 32.6 Å². The molecule has 1 spiro atoms. The third kappa shape index (κ3) is 5.51. The van der Waals surface area contributed by atoms with E-state index in [2.05, 4.69) is 0 Å². The number of esters is 1. The van der Waals surface area contributed by atoms with Gasteiger partial charge in [0.2, 0.25) is 12.6 Å². The van der Waals surface area contributed by atoms with Gasteiger partial charge in [-0.15, -0.1) is 11.6 Å². The second-order valence-corrected chi connectivity index (χ2v) is 12.4. The van der Waals surface area contributed by atoms with Crippen molar-refractivity contribution in [1.82, 2.24) is 0 Å². The van der Waals surface area contributed by atoms with E-state index in [1.165, 1.54) is 24.3 Å². The van der Waals surface area contributed by atoms with Crippen molar-refractivity contribution in [2.75, 3.05) is 13.2 Å². The monoisotopic (exact) mass is 704 g/mol. The lowest BCUT2D eigenvalue weighted by Gasteiger charge is -2.40. The van der Waals surface area contributed by atoms with E-state index in [4.69, 9.17) is 40.0 Å². The number of alkyl halides is 1. The van der Waals surface area contributed by atoms with Crippen LogP contribution in [0.5, 0.6) is 23.0 Å². The molecular weight excluding hydrogens is 672 g/mol. The Hall–Kier alpha value is -3.58. The molecule has 2 saturated heterocycles. The van der Waals surface area contributed by atoms with Gasteiger partial charge >= 0.3 is 5.97 Å². The Morgan fingerprint density at radius 1 is 0.653 bits per heavy atom. The zero-order valence-corrected chi connectivity index (χ0v) is 26.2. The molecule has 0 saturated carbocycles. The number of fused-ring (bicyclic) bond motifs is 6. The number of benzene rings is 3. The van der Waals surface area contributed by atoms with Crippen LogP contribution >= 0.6 is 11.6 Å². The Bertz CT molecular complexity index is 1640. The maximum Gasteiger partial charge on any atom is 0.340 e. The van der Waals surface area contributed by atoms with Crippen LogP contribution < -0.4 is 14.2 Å². The smallest absolute Gasteiger partial charge is 0.340 e. The van der Waals surface area contributed by atoms with Gasteiger partial charge in [0, 0.05) is 34.7 Å². The molecule has 10 atom stereocenters. The lowest BCUT2D eigenvalue weighted by atomic mass is 9.77. The first-order valence-electron chi connectivity index (χ1n) is 15.3. The Labute approximate surface area is 282 Å². The molecule has 8 N–H and O–H groups in total. The van der Waals surface area contributed by atoms with E-state index in [0.717, 1.165) is 0 Å². The van der Waals surface area contributed by atoms with Gasteiger partial charge in [-0.25, -0.2) is 4.79 Å². The Kier molecular flexibility index (Phi) is 8.96. The third-order valence-corrected chi connectivity index (χ3v) is 9.48. The molecule has 2 fully saturated rings. The number of carbonyl (C=O) groups is 1. The fraction of sp³-hybridized carbons (Fsp3) is 0.424. The van der Waals surface area contributed by atoms with E-state index in [9.17, 15) is 45.6 Å². The average Bonchev–Trinajstić information content (AvgIpc) is 3.39. The summed E-state index contributed by atoms with van der Waals surface area (Å²) in [5, 5.41) is 81.0. The highest BCUT2D eigenvalue weighted by atomic mass is 35.5. The fourth-order valence-corrected chi connectivity index (χ4v) is 6.73. The molecule has 7 rings (SSSR count). The number of aliphatic hydroxyl groups is 8. The van der Waals surface area contributed by atoms with Crippen molar-refractivity contribution in [3.05, 3.63) is 82.4 Å². The first-order valence-corrected chi connectivity index (χ1v) is 15.9. The van der Waals surface area contributed by atoms with E-state index < -0.39 is 86.2 Å². The van der Waals surface area contributed by atoms with Crippen LogP contribution in [0.2, 0.25) is 0 Å². The minimum absolute atomic E-state index is 0.0810. The number of hydrogen-bond donors (Lipinski definition) is 8. The molecule has 3 aromatic rings. The van der Waals surface area contributed by atoms with E-state index in [1.807, 2.05) is 0 Å². The SMILES string of the molecule is O=C1OC2(c3ccc(O[C@@H]4O[C@H](CO)[C@H](O)[C@H](O)[C@H]4O)cc3Oc3cc(O[C@@H]4O[C@H](CO)[C@H](O)[C@H](O)[C@H]4O)ccc32)c2ccc(CCl)cc21. The summed E-state index contributed by atoms with van der Waals surface area (Å²) in [5.74, 6) is -0.0246. The first-order chi connectivity index (χ1) is 23.5. The maximum atomic E-state index is 13.4. The quantitative estimate of drug-likeness (QED) is 0.113. The number of carbonyl (C=O) groups excluding carboxylic acids is 1. The molecule has 0 amide bonds. The van der Waals surface area contributed by atoms with Crippen molar-refractivity contribution in [1.29, 1.82) is 0 Å². The van der Waals surface area contributed by atoms with Crippen LogP contribution in [0, 0.1) is 0 Å². The molecule has 0 aromatic heterocycles. The molecule has 0 aliphatic carbocycles. The predicted molar refractivity (Wildman–Crippen MR) is 163 cm³/mol. The summed E-state index contributed by atoms with van der Waals surface area (Å²) in [6.45, 7) is -1.30. The van der Waals surface area contributed by atoms with Gasteiger partial charge in [-0.3, -0.25) is 0 Å². The topological polar surface area (TPSA) is 234 Å². The van der Waals surface area contributed by atoms with E-state index in [0.29, 0.717) is 22.3 Å². The summed E-state index contributed by atoms with van der Waals surface area (Å²) in [7, 11) is 0. The van der Waals surface area contributed by atoms with Crippen LogP contribution in [0.25, 0.3) is 0 Å².